The molecule has 0 spiro atoms. The van der Waals surface area contributed by atoms with Gasteiger partial charge in [0, 0.05) is 12.8 Å². The number of hydrogen-bond donors (Lipinski definition) is 4. The van der Waals surface area contributed by atoms with Crippen molar-refractivity contribution in [2.45, 2.75) is 76.3 Å². The molecule has 4 atom stereocenters. The predicted octanol–water partition coefficient (Wildman–Crippen LogP) is -0.721. The third kappa shape index (κ3) is 7.06. The van der Waals surface area contributed by atoms with Crippen LogP contribution in [0.15, 0.2) is 5.16 Å². The first-order chi connectivity index (χ1) is 11.9. The molecule has 0 amide bonds. The van der Waals surface area contributed by atoms with E-state index in [9.17, 15) is 14.4 Å². The molecule has 3 unspecified atom stereocenters. The molecule has 0 saturated heterocycles. The molecule has 0 aliphatic carbocycles. The lowest BCUT2D eigenvalue weighted by Gasteiger charge is -2.22. The van der Waals surface area contributed by atoms with Gasteiger partial charge in [-0.1, -0.05) is 5.16 Å². The maximum absolute atomic E-state index is 12.0. The first-order valence-electron chi connectivity index (χ1n) is 8.37. The molecule has 0 aromatic rings. The molecule has 0 saturated carbocycles. The summed E-state index contributed by atoms with van der Waals surface area (Å²) in [5.41, 5.74) is 16.7. The zero-order valence-corrected chi connectivity index (χ0v) is 15.3. The van der Waals surface area contributed by atoms with Gasteiger partial charge in [-0.2, -0.15) is 0 Å². The van der Waals surface area contributed by atoms with Gasteiger partial charge in [0.25, 0.3) is 0 Å². The van der Waals surface area contributed by atoms with Crippen LogP contribution in [-0.4, -0.2) is 58.4 Å². The molecular formula is C16H28N4O6. The Labute approximate surface area is 152 Å². The summed E-state index contributed by atoms with van der Waals surface area (Å²) >= 11 is 0. The van der Waals surface area contributed by atoms with E-state index in [-0.39, 0.29) is 6.42 Å². The number of rotatable bonds is 9. The van der Waals surface area contributed by atoms with E-state index in [2.05, 4.69) is 5.16 Å². The lowest BCUT2D eigenvalue weighted by atomic mass is 9.97. The van der Waals surface area contributed by atoms with Crippen LogP contribution in [0.5, 0.6) is 0 Å². The summed E-state index contributed by atoms with van der Waals surface area (Å²) in [6.45, 7) is 5.28. The van der Waals surface area contributed by atoms with Crippen LogP contribution in [0.3, 0.4) is 0 Å². The number of carboxylic acids is 1. The summed E-state index contributed by atoms with van der Waals surface area (Å²) in [4.78, 5) is 39.7. The Bertz CT molecular complexity index is 572. The zero-order chi connectivity index (χ0) is 20.1. The number of aliphatic carboxylic acids is 1. The van der Waals surface area contributed by atoms with E-state index >= 15 is 0 Å². The molecule has 26 heavy (non-hydrogen) atoms. The highest BCUT2D eigenvalue weighted by atomic mass is 16.6. The van der Waals surface area contributed by atoms with Crippen LogP contribution in [0.1, 0.15) is 46.5 Å². The summed E-state index contributed by atoms with van der Waals surface area (Å²) < 4.78 is 5.20. The van der Waals surface area contributed by atoms with Gasteiger partial charge in [0.1, 0.15) is 23.8 Å². The van der Waals surface area contributed by atoms with Gasteiger partial charge in [-0.05, 0) is 33.6 Å². The number of oxime groups is 1. The molecule has 1 heterocycles. The number of hydrogen-bond acceptors (Lipinski definition) is 9. The average Bonchev–Trinajstić information content (AvgIpc) is 2.96. The van der Waals surface area contributed by atoms with Crippen molar-refractivity contribution < 1.29 is 29.1 Å². The minimum Gasteiger partial charge on any atom is -0.480 e. The minimum atomic E-state index is -1.46. The lowest BCUT2D eigenvalue weighted by molar-refractivity contribution is -0.156. The third-order valence-electron chi connectivity index (χ3n) is 3.72. The van der Waals surface area contributed by atoms with E-state index in [1.165, 1.54) is 0 Å². The number of nitrogens with two attached hydrogens (primary N) is 3. The van der Waals surface area contributed by atoms with E-state index in [0.717, 1.165) is 0 Å². The van der Waals surface area contributed by atoms with Gasteiger partial charge in [0.05, 0.1) is 11.8 Å². The Morgan fingerprint density at radius 3 is 2.42 bits per heavy atom. The van der Waals surface area contributed by atoms with Crippen LogP contribution in [-0.2, 0) is 24.0 Å². The van der Waals surface area contributed by atoms with E-state index < -0.39 is 47.6 Å². The highest BCUT2D eigenvalue weighted by Gasteiger charge is 2.32. The molecule has 0 bridgehead atoms. The Balaban J connectivity index is 2.39. The van der Waals surface area contributed by atoms with Gasteiger partial charge in [0.2, 0.25) is 0 Å². The molecule has 0 fully saturated rings. The van der Waals surface area contributed by atoms with Gasteiger partial charge in [-0.25, -0.2) is 0 Å². The quantitative estimate of drug-likeness (QED) is 0.380. The van der Waals surface area contributed by atoms with Crippen LogP contribution < -0.4 is 17.2 Å². The molecule has 0 aromatic carbocycles. The van der Waals surface area contributed by atoms with E-state index in [0.29, 0.717) is 25.0 Å². The molecule has 1 rings (SSSR count). The van der Waals surface area contributed by atoms with Crippen molar-refractivity contribution in [3.05, 3.63) is 0 Å². The Kier molecular flexibility index (Phi) is 7.67. The highest BCUT2D eigenvalue weighted by molar-refractivity contribution is 5.92. The van der Waals surface area contributed by atoms with Crippen molar-refractivity contribution in [2.75, 3.05) is 0 Å². The monoisotopic (exact) mass is 372 g/mol. The molecule has 1 aliphatic rings. The second kappa shape index (κ2) is 9.06. The second-order valence-electron chi connectivity index (χ2n) is 7.33. The summed E-state index contributed by atoms with van der Waals surface area (Å²) in [5.74, 6) is -2.34. The molecule has 10 nitrogen and oxygen atoms in total. The Morgan fingerprint density at radius 1 is 1.27 bits per heavy atom. The zero-order valence-electron chi connectivity index (χ0n) is 15.3. The number of esters is 1. The fourth-order valence-electron chi connectivity index (χ4n) is 2.28. The summed E-state index contributed by atoms with van der Waals surface area (Å²) in [7, 11) is 0. The normalized spacial score (nSPS) is 20.5. The number of Topliss-reactive ketones (excluding diaryl/α,β-unsaturated/α-hetero) is 1. The van der Waals surface area contributed by atoms with Gasteiger partial charge >= 0.3 is 11.9 Å². The number of carbonyl (C=O) groups excluding carboxylic acids is 2. The fraction of sp³-hybridized carbons (Fsp3) is 0.750. The lowest BCUT2D eigenvalue weighted by Crippen LogP contribution is -2.52. The van der Waals surface area contributed by atoms with Crippen molar-refractivity contribution in [3.8, 4) is 0 Å². The molecule has 0 aromatic heterocycles. The predicted molar refractivity (Wildman–Crippen MR) is 93.2 cm³/mol. The topological polar surface area (TPSA) is 180 Å². The number of carboxylic acid groups (broad SMARTS) is 1. The van der Waals surface area contributed by atoms with Gasteiger partial charge in [-0.3, -0.25) is 14.4 Å². The second-order valence-corrected chi connectivity index (χ2v) is 7.33. The number of nitrogens with zero attached hydrogens (tertiary/aromatic N) is 1. The standard InChI is InChI=1S/C16H28N4O6/c1-16(2,3)25-15(24)10(17)5-4-8-6-9(26-20-8)7-11(21)12(18)13(19)14(22)23/h9-10,12-13H,4-7,17-19H2,1-3H3,(H,22,23)/t9?,10?,12?,13-/m0/s1. The average molecular weight is 372 g/mol. The first-order valence-corrected chi connectivity index (χ1v) is 8.37. The molecule has 148 valence electrons. The molecule has 1 aliphatic heterocycles. The maximum Gasteiger partial charge on any atom is 0.323 e. The molecule has 10 heteroatoms. The summed E-state index contributed by atoms with van der Waals surface area (Å²) in [6, 6.07) is -3.54. The van der Waals surface area contributed by atoms with Crippen molar-refractivity contribution in [3.63, 3.8) is 0 Å². The largest absolute Gasteiger partial charge is 0.480 e. The molecule has 7 N–H and O–H groups in total. The Morgan fingerprint density at radius 2 is 1.88 bits per heavy atom. The van der Waals surface area contributed by atoms with Gasteiger partial charge in [0.15, 0.2) is 5.78 Å². The number of ketones is 1. The minimum absolute atomic E-state index is 0.0900. The molecular weight excluding hydrogens is 344 g/mol. The van der Waals surface area contributed by atoms with Crippen molar-refractivity contribution >= 4 is 23.4 Å². The first kappa shape index (κ1) is 22.0. The van der Waals surface area contributed by atoms with Crippen molar-refractivity contribution in [1.82, 2.24) is 0 Å². The van der Waals surface area contributed by atoms with Gasteiger partial charge in [-0.15, -0.1) is 0 Å². The third-order valence-corrected chi connectivity index (χ3v) is 3.72. The SMILES string of the molecule is CC(C)(C)OC(=O)C(N)CCC1=NOC(CC(=O)C(N)[C@H](N)C(=O)O)C1. The Hall–Kier alpha value is -2.04. The van der Waals surface area contributed by atoms with Crippen LogP contribution in [0, 0.1) is 0 Å². The maximum atomic E-state index is 12.0. The highest BCUT2D eigenvalue weighted by Crippen LogP contribution is 2.19. The number of ether oxygens (including phenoxy) is 1. The van der Waals surface area contributed by atoms with Crippen LogP contribution in [0.25, 0.3) is 0 Å². The number of carbonyl (C=O) groups is 3. The van der Waals surface area contributed by atoms with E-state index in [1.54, 1.807) is 20.8 Å². The molecule has 0 radical (unpaired) electrons. The van der Waals surface area contributed by atoms with Crippen LogP contribution >= 0.6 is 0 Å². The smallest absolute Gasteiger partial charge is 0.323 e. The van der Waals surface area contributed by atoms with E-state index in [4.69, 9.17) is 31.9 Å². The van der Waals surface area contributed by atoms with Crippen molar-refractivity contribution in [1.29, 1.82) is 0 Å². The van der Waals surface area contributed by atoms with Crippen molar-refractivity contribution in [2.24, 2.45) is 22.4 Å². The fourth-order valence-corrected chi connectivity index (χ4v) is 2.28. The summed E-state index contributed by atoms with van der Waals surface area (Å²) in [5, 5.41) is 12.7. The van der Waals surface area contributed by atoms with Gasteiger partial charge < -0.3 is 31.9 Å². The van der Waals surface area contributed by atoms with Crippen LogP contribution in [0.2, 0.25) is 0 Å². The summed E-state index contributed by atoms with van der Waals surface area (Å²) in [6.07, 6.45) is 0.518. The van der Waals surface area contributed by atoms with Crippen LogP contribution in [0.4, 0.5) is 0 Å². The van der Waals surface area contributed by atoms with E-state index in [1.807, 2.05) is 0 Å².